The first kappa shape index (κ1) is 32.6. The van der Waals surface area contributed by atoms with Crippen molar-refractivity contribution < 1.29 is 23.9 Å². The van der Waals surface area contributed by atoms with E-state index in [0.717, 1.165) is 29.8 Å². The third kappa shape index (κ3) is 6.44. The minimum Gasteiger partial charge on any atom is -0.490 e. The van der Waals surface area contributed by atoms with Crippen molar-refractivity contribution in [1.82, 2.24) is 4.90 Å². The molecule has 5 rings (SSSR count). The summed E-state index contributed by atoms with van der Waals surface area (Å²) < 4.78 is 12.5. The lowest BCUT2D eigenvalue weighted by molar-refractivity contribution is -0.120. The van der Waals surface area contributed by atoms with Crippen LogP contribution in [-0.4, -0.2) is 42.6 Å². The fourth-order valence-corrected chi connectivity index (χ4v) is 7.44. The molecule has 1 heterocycles. The van der Waals surface area contributed by atoms with Crippen molar-refractivity contribution in [2.24, 2.45) is 10.8 Å². The smallest absolute Gasteiger partial charge is 0.262 e. The van der Waals surface area contributed by atoms with Gasteiger partial charge in [0.2, 0.25) is 0 Å². The Bertz CT molecular complexity index is 1570. The minimum absolute atomic E-state index is 0.0608. The Balaban J connectivity index is 1.53. The highest BCUT2D eigenvalue weighted by atomic mass is 79.9. The van der Waals surface area contributed by atoms with Crippen molar-refractivity contribution in [2.45, 2.75) is 66.2 Å². The van der Waals surface area contributed by atoms with Gasteiger partial charge in [0, 0.05) is 54.0 Å². The van der Waals surface area contributed by atoms with Gasteiger partial charge in [-0.1, -0.05) is 50.9 Å². The number of ketones is 2. The summed E-state index contributed by atoms with van der Waals surface area (Å²) in [6.07, 6.45) is 2.29. The maximum atomic E-state index is 13.9. The summed E-state index contributed by atoms with van der Waals surface area (Å²) in [6, 6.07) is 8.53. The van der Waals surface area contributed by atoms with Crippen molar-refractivity contribution >= 4 is 62.3 Å². The average Bonchev–Trinajstić information content (AvgIpc) is 2.90. The third-order valence-electron chi connectivity index (χ3n) is 8.40. The zero-order valence-corrected chi connectivity index (χ0v) is 28.9. The van der Waals surface area contributed by atoms with E-state index in [2.05, 4.69) is 53.8 Å². The Morgan fingerprint density at radius 1 is 0.932 bits per heavy atom. The molecule has 0 bridgehead atoms. The van der Waals surface area contributed by atoms with Crippen molar-refractivity contribution in [3.8, 4) is 11.5 Å². The number of Topliss-reactive ketones (excluding diaryl/α,β-unsaturated/α-hetero) is 2. The molecule has 3 aliphatic rings. The quantitative estimate of drug-likeness (QED) is 0.311. The molecular weight excluding hydrogens is 667 g/mol. The first-order valence-electron chi connectivity index (χ1n) is 14.7. The maximum absolute atomic E-state index is 13.9. The number of carbonyl (C=O) groups excluding carboxylic acids is 3. The molecule has 10 heteroatoms. The fourth-order valence-electron chi connectivity index (χ4n) is 6.56. The van der Waals surface area contributed by atoms with E-state index in [0.29, 0.717) is 62.3 Å². The lowest BCUT2D eigenvalue weighted by atomic mass is 9.64. The number of amides is 1. The zero-order chi connectivity index (χ0) is 32.1. The van der Waals surface area contributed by atoms with Crippen molar-refractivity contribution in [1.29, 1.82) is 0 Å². The molecule has 1 N–H and O–H groups in total. The Kier molecular flexibility index (Phi) is 9.02. The van der Waals surface area contributed by atoms with Crippen LogP contribution in [0.4, 0.5) is 5.69 Å². The van der Waals surface area contributed by atoms with Crippen LogP contribution in [0.2, 0.25) is 10.0 Å². The second-order valence-electron chi connectivity index (χ2n) is 13.3. The van der Waals surface area contributed by atoms with Gasteiger partial charge in [-0.25, -0.2) is 0 Å². The van der Waals surface area contributed by atoms with Gasteiger partial charge in [-0.15, -0.1) is 0 Å². The minimum atomic E-state index is -0.522. The molecule has 1 amide bonds. The summed E-state index contributed by atoms with van der Waals surface area (Å²) in [7, 11) is 1.99. The number of hydrogen-bond acceptors (Lipinski definition) is 6. The molecule has 0 radical (unpaired) electrons. The molecule has 2 aliphatic carbocycles. The number of benzene rings is 2. The van der Waals surface area contributed by atoms with Gasteiger partial charge in [0.1, 0.15) is 0 Å². The van der Waals surface area contributed by atoms with Crippen LogP contribution < -0.4 is 14.8 Å². The Morgan fingerprint density at radius 3 is 2.07 bits per heavy atom. The first-order chi connectivity index (χ1) is 20.6. The third-order valence-corrected chi connectivity index (χ3v) is 9.72. The van der Waals surface area contributed by atoms with E-state index in [1.165, 1.54) is 0 Å². The lowest BCUT2D eigenvalue weighted by Crippen LogP contribution is -2.43. The average molecular weight is 704 g/mol. The van der Waals surface area contributed by atoms with E-state index in [1.807, 2.05) is 26.1 Å². The molecule has 2 aromatic rings. The highest BCUT2D eigenvalue weighted by Gasteiger charge is 2.48. The zero-order valence-electron chi connectivity index (χ0n) is 25.8. The van der Waals surface area contributed by atoms with E-state index in [-0.39, 0.29) is 29.0 Å². The van der Waals surface area contributed by atoms with Crippen LogP contribution >= 0.6 is 39.1 Å². The summed E-state index contributed by atoms with van der Waals surface area (Å²) in [6.45, 7) is 10.4. The number of nitrogens with one attached hydrogen (secondary N) is 1. The molecule has 0 fully saturated rings. The summed E-state index contributed by atoms with van der Waals surface area (Å²) in [5, 5.41) is 3.46. The second kappa shape index (κ2) is 12.2. The molecule has 0 aromatic heterocycles. The highest BCUT2D eigenvalue weighted by molar-refractivity contribution is 9.10. The SMILES string of the molecule is CCOc1cc(C2C3=C(CC(C)(C)CC3=O)N(C)C3=C2C(=O)CC(C)(C)C3)cc(Br)c1OCC(=O)Nc1ccc(Cl)c(Cl)c1. The van der Waals surface area contributed by atoms with Crippen LogP contribution in [0.15, 0.2) is 57.3 Å². The van der Waals surface area contributed by atoms with E-state index in [1.54, 1.807) is 18.2 Å². The van der Waals surface area contributed by atoms with Crippen molar-refractivity contribution in [2.75, 3.05) is 25.6 Å². The number of hydrogen-bond donors (Lipinski definition) is 1. The van der Waals surface area contributed by atoms with Crippen molar-refractivity contribution in [3.05, 3.63) is 73.0 Å². The van der Waals surface area contributed by atoms with Crippen molar-refractivity contribution in [3.63, 3.8) is 0 Å². The van der Waals surface area contributed by atoms with Gasteiger partial charge in [-0.2, -0.15) is 0 Å². The van der Waals surface area contributed by atoms with Gasteiger partial charge in [-0.3, -0.25) is 14.4 Å². The molecule has 0 unspecified atom stereocenters. The molecular formula is C34H37BrCl2N2O5. The molecule has 234 valence electrons. The second-order valence-corrected chi connectivity index (χ2v) is 15.0. The highest BCUT2D eigenvalue weighted by Crippen LogP contribution is 2.55. The molecule has 0 spiro atoms. The van der Waals surface area contributed by atoms with Gasteiger partial charge in [-0.05, 0) is 82.4 Å². The van der Waals surface area contributed by atoms with Gasteiger partial charge in [0.15, 0.2) is 29.7 Å². The van der Waals surface area contributed by atoms with E-state index < -0.39 is 11.8 Å². The van der Waals surface area contributed by atoms with Crippen LogP contribution in [-0.2, 0) is 14.4 Å². The van der Waals surface area contributed by atoms with Crippen LogP contribution in [0.5, 0.6) is 11.5 Å². The first-order valence-corrected chi connectivity index (χ1v) is 16.3. The lowest BCUT2D eigenvalue weighted by Gasteiger charge is -2.48. The summed E-state index contributed by atoms with van der Waals surface area (Å²) >= 11 is 15.7. The summed E-state index contributed by atoms with van der Waals surface area (Å²) in [5.41, 5.74) is 4.21. The monoisotopic (exact) mass is 702 g/mol. The number of halogens is 3. The van der Waals surface area contributed by atoms with Crippen LogP contribution in [0.25, 0.3) is 0 Å². The predicted octanol–water partition coefficient (Wildman–Crippen LogP) is 8.49. The predicted molar refractivity (Wildman–Crippen MR) is 176 cm³/mol. The number of rotatable bonds is 7. The van der Waals surface area contributed by atoms with E-state index in [9.17, 15) is 14.4 Å². The molecule has 0 atom stereocenters. The van der Waals surface area contributed by atoms with Crippen LogP contribution in [0, 0.1) is 10.8 Å². The number of allylic oxidation sites excluding steroid dienone is 4. The van der Waals surface area contributed by atoms with E-state index >= 15 is 0 Å². The Morgan fingerprint density at radius 2 is 1.52 bits per heavy atom. The summed E-state index contributed by atoms with van der Waals surface area (Å²) in [4.78, 5) is 42.6. The van der Waals surface area contributed by atoms with Gasteiger partial charge >= 0.3 is 0 Å². The number of carbonyl (C=O) groups is 3. The molecule has 44 heavy (non-hydrogen) atoms. The molecule has 7 nitrogen and oxygen atoms in total. The molecule has 0 saturated heterocycles. The van der Waals surface area contributed by atoms with Gasteiger partial charge < -0.3 is 19.7 Å². The number of ether oxygens (including phenoxy) is 2. The van der Waals surface area contributed by atoms with Gasteiger partial charge in [0.05, 0.1) is 21.1 Å². The van der Waals surface area contributed by atoms with Crippen LogP contribution in [0.1, 0.15) is 71.8 Å². The van der Waals surface area contributed by atoms with E-state index in [4.69, 9.17) is 32.7 Å². The molecule has 2 aromatic carbocycles. The van der Waals surface area contributed by atoms with Crippen LogP contribution in [0.3, 0.4) is 0 Å². The topological polar surface area (TPSA) is 84.9 Å². The largest absolute Gasteiger partial charge is 0.490 e. The molecule has 1 aliphatic heterocycles. The normalized spacial score (nSPS) is 19.5. The summed E-state index contributed by atoms with van der Waals surface area (Å²) in [5.74, 6) is -0.0344. The Labute approximate surface area is 277 Å². The molecule has 0 saturated carbocycles. The Hall–Kier alpha value is -2.81. The number of anilines is 1. The number of nitrogens with zero attached hydrogens (tertiary/aromatic N) is 1. The standard InChI is InChI=1S/C34H37BrCl2N2O5/c1-7-43-27-11-18(10-20(35)32(27)44-17-28(42)38-19-8-9-21(36)22(37)12-19)29-30-23(13-33(2,3)15-25(30)40)39(6)24-14-34(4,5)16-26(41)31(24)29/h8-12,29H,7,13-17H2,1-6H3,(H,38,42). The maximum Gasteiger partial charge on any atom is 0.262 e. The fraction of sp³-hybridized carbons (Fsp3) is 0.441. The van der Waals surface area contributed by atoms with Gasteiger partial charge in [0.25, 0.3) is 5.91 Å².